The van der Waals surface area contributed by atoms with Crippen molar-refractivity contribution in [3.63, 3.8) is 0 Å². The maximum Gasteiger partial charge on any atom is 0.240 e. The molecule has 2 aromatic carbocycles. The number of para-hydroxylation sites is 1. The predicted molar refractivity (Wildman–Crippen MR) is 133 cm³/mol. The zero-order valence-electron chi connectivity index (χ0n) is 17.9. The standard InChI is InChI=1S/C27H23N3O2S/c31-18-19-7-9-20(10-8-19)22-11-12-23(28-15-22)16-29-27(32)17-30-24-5-2-1-4-21(24)14-25(30)26-6-3-13-33-26/h1-15,31H,16-18H2,(H,29,32). The third kappa shape index (κ3) is 4.58. The first-order valence-corrected chi connectivity index (χ1v) is 11.6. The molecule has 5 aromatic rings. The molecule has 33 heavy (non-hydrogen) atoms. The number of thiophene rings is 1. The molecule has 0 spiro atoms. The molecule has 164 valence electrons. The van der Waals surface area contributed by atoms with Crippen LogP contribution in [0.2, 0.25) is 0 Å². The summed E-state index contributed by atoms with van der Waals surface area (Å²) in [5.41, 5.74) is 5.81. The fourth-order valence-electron chi connectivity index (χ4n) is 3.90. The topological polar surface area (TPSA) is 67.2 Å². The van der Waals surface area contributed by atoms with Crippen molar-refractivity contribution < 1.29 is 9.90 Å². The molecule has 0 atom stereocenters. The fraction of sp³-hybridized carbons (Fsp3) is 0.111. The maximum atomic E-state index is 12.8. The number of aromatic nitrogens is 2. The van der Waals surface area contributed by atoms with Crippen LogP contribution in [0.25, 0.3) is 32.6 Å². The first kappa shape index (κ1) is 21.1. The highest BCUT2D eigenvalue weighted by atomic mass is 32.1. The number of nitrogens with one attached hydrogen (secondary N) is 1. The number of carbonyl (C=O) groups is 1. The number of benzene rings is 2. The van der Waals surface area contributed by atoms with E-state index in [0.717, 1.165) is 43.9 Å². The molecule has 5 rings (SSSR count). The average Bonchev–Trinajstić information content (AvgIpc) is 3.52. The third-order valence-corrected chi connectivity index (χ3v) is 6.54. The highest BCUT2D eigenvalue weighted by Crippen LogP contribution is 2.31. The Bertz CT molecular complexity index is 1370. The van der Waals surface area contributed by atoms with Gasteiger partial charge < -0.3 is 15.0 Å². The van der Waals surface area contributed by atoms with Crippen molar-refractivity contribution in [3.8, 4) is 21.7 Å². The summed E-state index contributed by atoms with van der Waals surface area (Å²) in [4.78, 5) is 18.5. The Balaban J connectivity index is 1.27. The fourth-order valence-corrected chi connectivity index (χ4v) is 4.65. The van der Waals surface area contributed by atoms with E-state index in [0.29, 0.717) is 6.54 Å². The number of carbonyl (C=O) groups excluding carboxylic acids is 1. The minimum absolute atomic E-state index is 0.0325. The van der Waals surface area contributed by atoms with Crippen LogP contribution in [0.15, 0.2) is 90.4 Å². The van der Waals surface area contributed by atoms with Gasteiger partial charge in [-0.15, -0.1) is 11.3 Å². The Morgan fingerprint density at radius 1 is 0.970 bits per heavy atom. The monoisotopic (exact) mass is 453 g/mol. The molecular weight excluding hydrogens is 430 g/mol. The average molecular weight is 454 g/mol. The highest BCUT2D eigenvalue weighted by Gasteiger charge is 2.14. The summed E-state index contributed by atoms with van der Waals surface area (Å²) in [6.45, 7) is 0.650. The number of nitrogens with zero attached hydrogens (tertiary/aromatic N) is 2. The van der Waals surface area contributed by atoms with Gasteiger partial charge in [0.15, 0.2) is 0 Å². The van der Waals surface area contributed by atoms with Crippen molar-refractivity contribution >= 4 is 28.1 Å². The van der Waals surface area contributed by atoms with Gasteiger partial charge in [0, 0.05) is 22.7 Å². The first-order valence-electron chi connectivity index (χ1n) is 10.8. The Labute approximate surface area is 196 Å². The van der Waals surface area contributed by atoms with E-state index in [2.05, 4.69) is 33.1 Å². The molecule has 0 fully saturated rings. The van der Waals surface area contributed by atoms with Crippen LogP contribution < -0.4 is 5.32 Å². The van der Waals surface area contributed by atoms with E-state index in [9.17, 15) is 9.90 Å². The number of aliphatic hydroxyl groups excluding tert-OH is 1. The lowest BCUT2D eigenvalue weighted by molar-refractivity contribution is -0.121. The molecule has 5 nitrogen and oxygen atoms in total. The summed E-state index contributed by atoms with van der Waals surface area (Å²) in [7, 11) is 0. The number of fused-ring (bicyclic) bond motifs is 1. The molecule has 2 N–H and O–H groups in total. The maximum absolute atomic E-state index is 12.8. The molecule has 0 saturated carbocycles. The van der Waals surface area contributed by atoms with E-state index >= 15 is 0 Å². The quantitative estimate of drug-likeness (QED) is 0.354. The summed E-state index contributed by atoms with van der Waals surface area (Å²) in [5.74, 6) is -0.0559. The minimum Gasteiger partial charge on any atom is -0.392 e. The number of aliphatic hydroxyl groups is 1. The lowest BCUT2D eigenvalue weighted by Crippen LogP contribution is -2.27. The van der Waals surface area contributed by atoms with E-state index in [1.54, 1.807) is 11.3 Å². The van der Waals surface area contributed by atoms with Gasteiger partial charge in [0.05, 0.1) is 29.4 Å². The van der Waals surface area contributed by atoms with Gasteiger partial charge in [-0.3, -0.25) is 9.78 Å². The highest BCUT2D eigenvalue weighted by molar-refractivity contribution is 7.13. The Morgan fingerprint density at radius 2 is 1.79 bits per heavy atom. The van der Waals surface area contributed by atoms with Gasteiger partial charge in [0.1, 0.15) is 6.54 Å². The van der Waals surface area contributed by atoms with Gasteiger partial charge in [-0.05, 0) is 40.8 Å². The molecule has 0 unspecified atom stereocenters. The molecule has 0 aliphatic rings. The number of pyridine rings is 1. The van der Waals surface area contributed by atoms with Crippen molar-refractivity contribution in [3.05, 3.63) is 102 Å². The zero-order chi connectivity index (χ0) is 22.6. The number of rotatable bonds is 7. The Hall–Kier alpha value is -3.74. The van der Waals surface area contributed by atoms with Gasteiger partial charge in [-0.1, -0.05) is 54.6 Å². The van der Waals surface area contributed by atoms with E-state index in [4.69, 9.17) is 0 Å². The third-order valence-electron chi connectivity index (χ3n) is 5.65. The Kier molecular flexibility index (Phi) is 6.02. The predicted octanol–water partition coefficient (Wildman–Crippen LogP) is 5.24. The SMILES string of the molecule is O=C(Cn1c(-c2cccs2)cc2ccccc21)NCc1ccc(-c2ccc(CO)cc2)cn1. The van der Waals surface area contributed by atoms with Crippen LogP contribution in [-0.2, 0) is 24.5 Å². The minimum atomic E-state index is -0.0559. The van der Waals surface area contributed by atoms with Crippen molar-refractivity contribution in [2.45, 2.75) is 19.7 Å². The molecule has 0 radical (unpaired) electrons. The number of amides is 1. The van der Waals surface area contributed by atoms with E-state index in [1.807, 2.05) is 72.2 Å². The molecule has 0 aliphatic heterocycles. The molecule has 1 amide bonds. The second-order valence-electron chi connectivity index (χ2n) is 7.82. The summed E-state index contributed by atoms with van der Waals surface area (Å²) >= 11 is 1.67. The summed E-state index contributed by atoms with van der Waals surface area (Å²) in [6.07, 6.45) is 1.81. The van der Waals surface area contributed by atoms with Crippen LogP contribution in [0.3, 0.4) is 0 Å². The molecule has 0 bridgehead atoms. The van der Waals surface area contributed by atoms with Gasteiger partial charge in [0.25, 0.3) is 0 Å². The van der Waals surface area contributed by atoms with E-state index in [1.165, 1.54) is 0 Å². The van der Waals surface area contributed by atoms with Crippen molar-refractivity contribution in [1.29, 1.82) is 0 Å². The summed E-state index contributed by atoms with van der Waals surface area (Å²) in [6, 6.07) is 26.0. The lowest BCUT2D eigenvalue weighted by atomic mass is 10.1. The van der Waals surface area contributed by atoms with Crippen LogP contribution in [0.1, 0.15) is 11.3 Å². The van der Waals surface area contributed by atoms with Gasteiger partial charge in [0.2, 0.25) is 5.91 Å². The van der Waals surface area contributed by atoms with Crippen molar-refractivity contribution in [2.75, 3.05) is 0 Å². The van der Waals surface area contributed by atoms with Crippen molar-refractivity contribution in [1.82, 2.24) is 14.9 Å². The molecular formula is C27H23N3O2S. The van der Waals surface area contributed by atoms with Gasteiger partial charge in [-0.25, -0.2) is 0 Å². The van der Waals surface area contributed by atoms with E-state index in [-0.39, 0.29) is 19.1 Å². The number of hydrogen-bond donors (Lipinski definition) is 2. The normalized spacial score (nSPS) is 11.1. The molecule has 3 aromatic heterocycles. The van der Waals surface area contributed by atoms with Crippen LogP contribution in [0.4, 0.5) is 0 Å². The molecule has 6 heteroatoms. The molecule has 3 heterocycles. The number of hydrogen-bond acceptors (Lipinski definition) is 4. The zero-order valence-corrected chi connectivity index (χ0v) is 18.8. The molecule has 0 aliphatic carbocycles. The van der Waals surface area contributed by atoms with Crippen LogP contribution in [-0.4, -0.2) is 20.6 Å². The second-order valence-corrected chi connectivity index (χ2v) is 8.77. The summed E-state index contributed by atoms with van der Waals surface area (Å²) in [5, 5.41) is 15.4. The van der Waals surface area contributed by atoms with Crippen LogP contribution >= 0.6 is 11.3 Å². The lowest BCUT2D eigenvalue weighted by Gasteiger charge is -2.11. The van der Waals surface area contributed by atoms with Gasteiger partial charge in [-0.2, -0.15) is 0 Å². The Morgan fingerprint density at radius 3 is 2.52 bits per heavy atom. The first-order chi connectivity index (χ1) is 16.2. The van der Waals surface area contributed by atoms with Crippen LogP contribution in [0, 0.1) is 0 Å². The second kappa shape index (κ2) is 9.40. The largest absolute Gasteiger partial charge is 0.392 e. The van der Waals surface area contributed by atoms with E-state index < -0.39 is 0 Å². The summed E-state index contributed by atoms with van der Waals surface area (Å²) < 4.78 is 2.07. The van der Waals surface area contributed by atoms with Gasteiger partial charge >= 0.3 is 0 Å². The molecule has 0 saturated heterocycles. The van der Waals surface area contributed by atoms with Crippen molar-refractivity contribution in [2.24, 2.45) is 0 Å². The smallest absolute Gasteiger partial charge is 0.240 e. The van der Waals surface area contributed by atoms with Crippen LogP contribution in [0.5, 0.6) is 0 Å².